The summed E-state index contributed by atoms with van der Waals surface area (Å²) < 4.78 is 9.65. The van der Waals surface area contributed by atoms with Crippen molar-refractivity contribution >= 4 is 18.7 Å². The van der Waals surface area contributed by atoms with E-state index in [2.05, 4.69) is 38.1 Å². The van der Waals surface area contributed by atoms with Crippen molar-refractivity contribution in [3.63, 3.8) is 0 Å². The second-order valence-corrected chi connectivity index (χ2v) is 8.03. The van der Waals surface area contributed by atoms with Crippen LogP contribution in [0.15, 0.2) is 47.1 Å². The number of benzene rings is 1. The summed E-state index contributed by atoms with van der Waals surface area (Å²) >= 11 is 1.57. The van der Waals surface area contributed by atoms with E-state index in [0.29, 0.717) is 6.01 Å². The van der Waals surface area contributed by atoms with Crippen LogP contribution in [0.4, 0.5) is 0 Å². The molecule has 0 unspecified atom stereocenters. The number of rotatable bonds is 7. The maximum Gasteiger partial charge on any atom is 0.321 e. The van der Waals surface area contributed by atoms with Crippen molar-refractivity contribution in [2.75, 3.05) is 18.8 Å². The first kappa shape index (κ1) is 17.5. The molecule has 26 heavy (non-hydrogen) atoms. The molecule has 3 aliphatic rings. The number of piperidine rings is 2. The van der Waals surface area contributed by atoms with E-state index in [-0.39, 0.29) is 5.41 Å². The SMILES string of the molecule is C=NSCCN1CC2(c3ccc(Oc4ncccn4)cc3)CCC1CC2. The Labute approximate surface area is 159 Å². The second kappa shape index (κ2) is 7.76. The summed E-state index contributed by atoms with van der Waals surface area (Å²) in [5, 5.41) is 0. The van der Waals surface area contributed by atoms with E-state index in [9.17, 15) is 0 Å². The molecule has 2 saturated heterocycles. The zero-order chi connectivity index (χ0) is 17.8. The van der Waals surface area contributed by atoms with E-state index in [1.54, 1.807) is 30.4 Å². The van der Waals surface area contributed by atoms with Crippen LogP contribution in [0.1, 0.15) is 31.2 Å². The zero-order valence-electron chi connectivity index (χ0n) is 14.9. The van der Waals surface area contributed by atoms with Crippen LogP contribution in [0.3, 0.4) is 0 Å². The first-order valence-electron chi connectivity index (χ1n) is 9.17. The van der Waals surface area contributed by atoms with Crippen molar-refractivity contribution in [3.05, 3.63) is 48.3 Å². The maximum absolute atomic E-state index is 5.73. The van der Waals surface area contributed by atoms with Gasteiger partial charge in [-0.3, -0.25) is 4.90 Å². The van der Waals surface area contributed by atoms with Gasteiger partial charge in [0.15, 0.2) is 0 Å². The fraction of sp³-hybridized carbons (Fsp3) is 0.450. The van der Waals surface area contributed by atoms with E-state index in [1.807, 2.05) is 12.1 Å². The Balaban J connectivity index is 1.46. The van der Waals surface area contributed by atoms with Crippen molar-refractivity contribution in [1.29, 1.82) is 0 Å². The molecule has 2 aromatic rings. The number of ether oxygens (including phenoxy) is 1. The summed E-state index contributed by atoms with van der Waals surface area (Å²) in [7, 11) is 0. The van der Waals surface area contributed by atoms with Crippen molar-refractivity contribution in [2.45, 2.75) is 37.1 Å². The highest BCUT2D eigenvalue weighted by Gasteiger charge is 2.45. The Morgan fingerprint density at radius 1 is 1.19 bits per heavy atom. The highest BCUT2D eigenvalue weighted by Crippen LogP contribution is 2.46. The standard InChI is InChI=1S/C20H24N4OS/c1-21-26-14-13-24-15-20(9-7-17(24)8-10-20)16-3-5-18(6-4-16)25-19-22-11-2-12-23-19/h2-6,11-12,17H,1,7-10,13-15H2. The largest absolute Gasteiger partial charge is 0.424 e. The maximum atomic E-state index is 5.73. The van der Waals surface area contributed by atoms with Crippen molar-refractivity contribution in [3.8, 4) is 11.8 Å². The lowest BCUT2D eigenvalue weighted by Gasteiger charge is -2.53. The zero-order valence-corrected chi connectivity index (χ0v) is 15.7. The number of aromatic nitrogens is 2. The van der Waals surface area contributed by atoms with Gasteiger partial charge in [0.25, 0.3) is 0 Å². The Morgan fingerprint density at radius 2 is 1.92 bits per heavy atom. The van der Waals surface area contributed by atoms with Gasteiger partial charge in [0.1, 0.15) is 5.75 Å². The normalized spacial score (nSPS) is 25.2. The third-order valence-corrected chi connectivity index (χ3v) is 6.26. The van der Waals surface area contributed by atoms with Crippen LogP contribution >= 0.6 is 11.9 Å². The topological polar surface area (TPSA) is 50.6 Å². The minimum absolute atomic E-state index is 0.281. The molecular weight excluding hydrogens is 344 g/mol. The molecule has 2 bridgehead atoms. The first-order valence-corrected chi connectivity index (χ1v) is 10.1. The van der Waals surface area contributed by atoms with Gasteiger partial charge in [-0.25, -0.2) is 14.4 Å². The summed E-state index contributed by atoms with van der Waals surface area (Å²) in [6.07, 6.45) is 8.52. The van der Waals surface area contributed by atoms with Gasteiger partial charge in [0, 0.05) is 42.7 Å². The molecule has 1 aromatic carbocycles. The van der Waals surface area contributed by atoms with Gasteiger partial charge < -0.3 is 4.74 Å². The van der Waals surface area contributed by atoms with Gasteiger partial charge in [0.05, 0.1) is 0 Å². The molecule has 3 heterocycles. The summed E-state index contributed by atoms with van der Waals surface area (Å²) in [6.45, 7) is 5.81. The highest BCUT2D eigenvalue weighted by molar-refractivity contribution is 7.98. The minimum Gasteiger partial charge on any atom is -0.424 e. The summed E-state index contributed by atoms with van der Waals surface area (Å²) in [5.74, 6) is 1.81. The minimum atomic E-state index is 0.281. The fourth-order valence-electron chi connectivity index (χ4n) is 4.38. The molecule has 0 atom stereocenters. The molecule has 5 nitrogen and oxygen atoms in total. The third-order valence-electron chi connectivity index (χ3n) is 5.71. The van der Waals surface area contributed by atoms with E-state index >= 15 is 0 Å². The number of fused-ring (bicyclic) bond motifs is 3. The summed E-state index contributed by atoms with van der Waals surface area (Å²) in [6, 6.07) is 11.5. The molecule has 0 N–H and O–H groups in total. The van der Waals surface area contributed by atoms with Crippen molar-refractivity contribution in [2.24, 2.45) is 4.40 Å². The fourth-order valence-corrected chi connectivity index (χ4v) is 4.83. The lowest BCUT2D eigenvalue weighted by Crippen LogP contribution is -2.56. The van der Waals surface area contributed by atoms with E-state index in [0.717, 1.165) is 30.6 Å². The quantitative estimate of drug-likeness (QED) is 0.418. The van der Waals surface area contributed by atoms with E-state index in [1.165, 1.54) is 31.2 Å². The van der Waals surface area contributed by atoms with Crippen LogP contribution in [0.5, 0.6) is 11.8 Å². The van der Waals surface area contributed by atoms with Gasteiger partial charge >= 0.3 is 6.01 Å². The average molecular weight is 369 g/mol. The molecule has 3 fully saturated rings. The van der Waals surface area contributed by atoms with Crippen molar-refractivity contribution < 1.29 is 4.74 Å². The van der Waals surface area contributed by atoms with E-state index < -0.39 is 0 Å². The predicted octanol–water partition coefficient (Wildman–Crippen LogP) is 4.11. The molecule has 0 radical (unpaired) electrons. The molecule has 0 amide bonds. The monoisotopic (exact) mass is 368 g/mol. The molecule has 2 aliphatic heterocycles. The van der Waals surface area contributed by atoms with Gasteiger partial charge in [-0.2, -0.15) is 0 Å². The van der Waals surface area contributed by atoms with Gasteiger partial charge in [0.2, 0.25) is 0 Å². The molecule has 1 saturated carbocycles. The average Bonchev–Trinajstić information content (AvgIpc) is 2.70. The lowest BCUT2D eigenvalue weighted by molar-refractivity contribution is 0.0302. The van der Waals surface area contributed by atoms with Crippen molar-refractivity contribution in [1.82, 2.24) is 14.9 Å². The lowest BCUT2D eigenvalue weighted by atomic mass is 9.64. The summed E-state index contributed by atoms with van der Waals surface area (Å²) in [5.41, 5.74) is 1.71. The summed E-state index contributed by atoms with van der Waals surface area (Å²) in [4.78, 5) is 10.9. The van der Waals surface area contributed by atoms with Gasteiger partial charge in [-0.15, -0.1) is 0 Å². The molecule has 0 spiro atoms. The van der Waals surface area contributed by atoms with E-state index in [4.69, 9.17) is 4.74 Å². The number of hydrogen-bond donors (Lipinski definition) is 0. The Bertz CT molecular complexity index is 729. The molecule has 136 valence electrons. The molecule has 1 aromatic heterocycles. The van der Waals surface area contributed by atoms with Crippen LogP contribution in [-0.2, 0) is 5.41 Å². The van der Waals surface area contributed by atoms with Crippen LogP contribution in [0.2, 0.25) is 0 Å². The number of nitrogens with zero attached hydrogens (tertiary/aromatic N) is 4. The smallest absolute Gasteiger partial charge is 0.321 e. The Kier molecular flexibility index (Phi) is 5.22. The van der Waals surface area contributed by atoms with Crippen LogP contribution in [-0.4, -0.2) is 46.5 Å². The van der Waals surface area contributed by atoms with Crippen LogP contribution in [0.25, 0.3) is 0 Å². The molecule has 1 aliphatic carbocycles. The third kappa shape index (κ3) is 3.62. The number of hydrogen-bond acceptors (Lipinski definition) is 6. The highest BCUT2D eigenvalue weighted by atomic mass is 32.2. The van der Waals surface area contributed by atoms with Crippen LogP contribution < -0.4 is 4.74 Å². The first-order chi connectivity index (χ1) is 12.8. The Morgan fingerprint density at radius 3 is 2.62 bits per heavy atom. The van der Waals surface area contributed by atoms with Gasteiger partial charge in [-0.1, -0.05) is 12.1 Å². The van der Waals surface area contributed by atoms with Crippen LogP contribution in [0, 0.1) is 0 Å². The molecular formula is C20H24N4OS. The predicted molar refractivity (Wildman–Crippen MR) is 106 cm³/mol. The Hall–Kier alpha value is -1.92. The molecule has 6 heteroatoms. The molecule has 5 rings (SSSR count). The second-order valence-electron chi connectivity index (χ2n) is 7.10. The van der Waals surface area contributed by atoms with Gasteiger partial charge in [-0.05, 0) is 68.1 Å².